The predicted octanol–water partition coefficient (Wildman–Crippen LogP) is 2.91. The summed E-state index contributed by atoms with van der Waals surface area (Å²) < 4.78 is 0. The molecule has 0 aromatic rings. The van der Waals surface area contributed by atoms with Gasteiger partial charge in [-0.3, -0.25) is 0 Å². The number of thioether (sulfide) groups is 1. The van der Waals surface area contributed by atoms with Gasteiger partial charge in [0, 0.05) is 24.3 Å². The van der Waals surface area contributed by atoms with Crippen molar-refractivity contribution in [1.29, 1.82) is 0 Å². The molecular weight excluding hydrogens is 202 g/mol. The van der Waals surface area contributed by atoms with Crippen molar-refractivity contribution in [2.75, 3.05) is 11.5 Å². The summed E-state index contributed by atoms with van der Waals surface area (Å²) in [6, 6.07) is 1.16. The molecule has 1 aliphatic heterocycles. The molecule has 0 bridgehead atoms. The van der Waals surface area contributed by atoms with Gasteiger partial charge in [-0.2, -0.15) is 11.8 Å². The van der Waals surface area contributed by atoms with Crippen LogP contribution in [0.2, 0.25) is 0 Å². The van der Waals surface area contributed by atoms with E-state index in [2.05, 4.69) is 43.8 Å². The second kappa shape index (κ2) is 5.82. The normalized spacial score (nSPS) is 26.9. The molecule has 1 rings (SSSR count). The van der Waals surface area contributed by atoms with Crippen molar-refractivity contribution in [3.05, 3.63) is 0 Å². The number of terminal acetylenes is 1. The molecule has 1 heterocycles. The average Bonchev–Trinajstić information content (AvgIpc) is 2.15. The second-order valence-corrected chi connectivity index (χ2v) is 6.29. The highest BCUT2D eigenvalue weighted by molar-refractivity contribution is 7.99. The highest BCUT2D eigenvalue weighted by Crippen LogP contribution is 2.33. The third-order valence-electron chi connectivity index (χ3n) is 2.94. The van der Waals surface area contributed by atoms with E-state index >= 15 is 0 Å². The van der Waals surface area contributed by atoms with E-state index in [1.807, 2.05) is 0 Å². The van der Waals surface area contributed by atoms with Gasteiger partial charge in [0.1, 0.15) is 0 Å². The molecule has 86 valence electrons. The topological polar surface area (TPSA) is 12.0 Å². The van der Waals surface area contributed by atoms with Crippen LogP contribution in [0.15, 0.2) is 0 Å². The van der Waals surface area contributed by atoms with Gasteiger partial charge < -0.3 is 5.32 Å². The molecule has 0 spiro atoms. The first kappa shape index (κ1) is 12.9. The predicted molar refractivity (Wildman–Crippen MR) is 70.2 cm³/mol. The fourth-order valence-corrected chi connectivity index (χ4v) is 3.45. The third-order valence-corrected chi connectivity index (χ3v) is 4.56. The van der Waals surface area contributed by atoms with Gasteiger partial charge in [-0.25, -0.2) is 0 Å². The van der Waals surface area contributed by atoms with Crippen LogP contribution in [0.25, 0.3) is 0 Å². The van der Waals surface area contributed by atoms with E-state index in [-0.39, 0.29) is 0 Å². The zero-order valence-corrected chi connectivity index (χ0v) is 11.0. The second-order valence-electron chi connectivity index (χ2n) is 5.26. The van der Waals surface area contributed by atoms with Crippen LogP contribution in [-0.4, -0.2) is 23.6 Å². The summed E-state index contributed by atoms with van der Waals surface area (Å²) in [5.41, 5.74) is 0.481. The van der Waals surface area contributed by atoms with E-state index in [0.717, 1.165) is 12.8 Å². The van der Waals surface area contributed by atoms with Crippen LogP contribution in [0, 0.1) is 17.8 Å². The molecule has 2 atom stereocenters. The first-order valence-corrected chi connectivity index (χ1v) is 7.00. The van der Waals surface area contributed by atoms with Gasteiger partial charge in [0.05, 0.1) is 0 Å². The zero-order chi connectivity index (χ0) is 11.3. The maximum Gasteiger partial charge on any atom is 0.0240 e. The maximum atomic E-state index is 5.37. The lowest BCUT2D eigenvalue weighted by molar-refractivity contribution is 0.298. The van der Waals surface area contributed by atoms with E-state index in [4.69, 9.17) is 6.42 Å². The van der Waals surface area contributed by atoms with Crippen molar-refractivity contribution < 1.29 is 0 Å². The fraction of sp³-hybridized carbons (Fsp3) is 0.846. The van der Waals surface area contributed by atoms with E-state index in [0.29, 0.717) is 17.5 Å². The van der Waals surface area contributed by atoms with Crippen molar-refractivity contribution in [2.45, 2.75) is 52.1 Å². The molecule has 2 heteroatoms. The molecule has 1 fully saturated rings. The largest absolute Gasteiger partial charge is 0.309 e. The Bertz CT molecular complexity index is 229. The minimum absolute atomic E-state index is 0.481. The molecule has 15 heavy (non-hydrogen) atoms. The van der Waals surface area contributed by atoms with Crippen LogP contribution in [-0.2, 0) is 0 Å². The Morgan fingerprint density at radius 2 is 2.33 bits per heavy atom. The summed E-state index contributed by atoms with van der Waals surface area (Å²) in [7, 11) is 0. The monoisotopic (exact) mass is 225 g/mol. The van der Waals surface area contributed by atoms with Gasteiger partial charge in [0.2, 0.25) is 0 Å². The Hall–Kier alpha value is -0.130. The highest BCUT2D eigenvalue weighted by Gasteiger charge is 2.29. The van der Waals surface area contributed by atoms with Gasteiger partial charge >= 0.3 is 0 Å². The number of nitrogens with one attached hydrogen (secondary N) is 1. The van der Waals surface area contributed by atoms with E-state index < -0.39 is 0 Å². The SMILES string of the molecule is C#CCC(CC)NC1CSCC(C)(C)C1. The van der Waals surface area contributed by atoms with E-state index in [1.54, 1.807) is 0 Å². The molecular formula is C13H23NS. The lowest BCUT2D eigenvalue weighted by Gasteiger charge is -2.36. The van der Waals surface area contributed by atoms with Crippen molar-refractivity contribution in [3.8, 4) is 12.3 Å². The lowest BCUT2D eigenvalue weighted by Crippen LogP contribution is -2.45. The average molecular weight is 225 g/mol. The molecule has 1 saturated heterocycles. The summed E-state index contributed by atoms with van der Waals surface area (Å²) in [5.74, 6) is 5.29. The van der Waals surface area contributed by atoms with E-state index in [1.165, 1.54) is 17.9 Å². The quantitative estimate of drug-likeness (QED) is 0.738. The smallest absolute Gasteiger partial charge is 0.0240 e. The molecule has 1 aliphatic rings. The lowest BCUT2D eigenvalue weighted by atomic mass is 9.87. The minimum atomic E-state index is 0.481. The van der Waals surface area contributed by atoms with Gasteiger partial charge in [-0.05, 0) is 24.0 Å². The van der Waals surface area contributed by atoms with Crippen LogP contribution < -0.4 is 5.32 Å². The van der Waals surface area contributed by atoms with Crippen molar-refractivity contribution >= 4 is 11.8 Å². The molecule has 1 N–H and O–H groups in total. The molecule has 0 aliphatic carbocycles. The van der Waals surface area contributed by atoms with Gasteiger partial charge in [0.15, 0.2) is 0 Å². The Labute approximate surface area is 98.8 Å². The summed E-state index contributed by atoms with van der Waals surface area (Å²) in [4.78, 5) is 0. The highest BCUT2D eigenvalue weighted by atomic mass is 32.2. The van der Waals surface area contributed by atoms with Gasteiger partial charge in [-0.15, -0.1) is 12.3 Å². The zero-order valence-electron chi connectivity index (χ0n) is 10.2. The maximum absolute atomic E-state index is 5.37. The van der Waals surface area contributed by atoms with Crippen LogP contribution in [0.3, 0.4) is 0 Å². The first-order chi connectivity index (χ1) is 7.07. The summed E-state index contributed by atoms with van der Waals surface area (Å²) in [6.07, 6.45) is 8.64. The third kappa shape index (κ3) is 4.49. The fourth-order valence-electron chi connectivity index (χ4n) is 2.17. The molecule has 0 amide bonds. The standard InChI is InChI=1S/C13H23NS/c1-5-7-11(6-2)14-12-8-13(3,4)10-15-9-12/h1,11-12,14H,6-10H2,2-4H3. The molecule has 0 radical (unpaired) electrons. The molecule has 0 aromatic heterocycles. The number of hydrogen-bond donors (Lipinski definition) is 1. The Balaban J connectivity index is 2.40. The summed E-state index contributed by atoms with van der Waals surface area (Å²) in [6.45, 7) is 6.92. The van der Waals surface area contributed by atoms with Crippen LogP contribution >= 0.6 is 11.8 Å². The van der Waals surface area contributed by atoms with Crippen molar-refractivity contribution in [3.63, 3.8) is 0 Å². The van der Waals surface area contributed by atoms with Crippen LogP contribution in [0.4, 0.5) is 0 Å². The molecule has 0 aromatic carbocycles. The minimum Gasteiger partial charge on any atom is -0.309 e. The molecule has 2 unspecified atom stereocenters. The van der Waals surface area contributed by atoms with E-state index in [9.17, 15) is 0 Å². The molecule has 1 nitrogen and oxygen atoms in total. The number of rotatable bonds is 4. The Morgan fingerprint density at radius 3 is 2.87 bits per heavy atom. The van der Waals surface area contributed by atoms with Crippen LogP contribution in [0.5, 0.6) is 0 Å². The first-order valence-electron chi connectivity index (χ1n) is 5.84. The van der Waals surface area contributed by atoms with Gasteiger partial charge in [0.25, 0.3) is 0 Å². The van der Waals surface area contributed by atoms with Crippen molar-refractivity contribution in [1.82, 2.24) is 5.32 Å². The molecule has 0 saturated carbocycles. The number of hydrogen-bond acceptors (Lipinski definition) is 2. The Kier molecular flexibility index (Phi) is 5.02. The summed E-state index contributed by atoms with van der Waals surface area (Å²) >= 11 is 2.07. The Morgan fingerprint density at radius 1 is 1.60 bits per heavy atom. The van der Waals surface area contributed by atoms with Crippen molar-refractivity contribution in [2.24, 2.45) is 5.41 Å². The summed E-state index contributed by atoms with van der Waals surface area (Å²) in [5, 5.41) is 3.70. The van der Waals surface area contributed by atoms with Crippen LogP contribution in [0.1, 0.15) is 40.0 Å². The van der Waals surface area contributed by atoms with Gasteiger partial charge in [-0.1, -0.05) is 20.8 Å².